The lowest BCUT2D eigenvalue weighted by Crippen LogP contribution is -2.67. The van der Waals surface area contributed by atoms with Gasteiger partial charge in [-0.1, -0.05) is 27.2 Å². The summed E-state index contributed by atoms with van der Waals surface area (Å²) in [5.74, 6) is 0.298. The average molecular weight is 312 g/mol. The Kier molecular flexibility index (Phi) is 5.58. The first-order chi connectivity index (χ1) is 9.99. The smallest absolute Gasteiger partial charge is 0.246 e. The van der Waals surface area contributed by atoms with Crippen molar-refractivity contribution in [1.29, 1.82) is 0 Å². The Balaban J connectivity index is 2.22. The summed E-state index contributed by atoms with van der Waals surface area (Å²) in [5, 5.41) is 3.55. The molecule has 0 radical (unpaired) electrons. The van der Waals surface area contributed by atoms with Gasteiger partial charge >= 0.3 is 0 Å². The van der Waals surface area contributed by atoms with Gasteiger partial charge in [0.1, 0.15) is 12.1 Å². The van der Waals surface area contributed by atoms with Gasteiger partial charge in [-0.2, -0.15) is 11.8 Å². The van der Waals surface area contributed by atoms with Crippen LogP contribution in [-0.2, 0) is 9.59 Å². The second kappa shape index (κ2) is 7.03. The Hall–Kier alpha value is -0.710. The molecule has 0 aromatic rings. The molecule has 120 valence electrons. The van der Waals surface area contributed by atoms with Gasteiger partial charge in [0.2, 0.25) is 11.8 Å². The minimum absolute atomic E-state index is 0.0297. The lowest BCUT2D eigenvalue weighted by molar-refractivity contribution is -0.154. The fourth-order valence-corrected chi connectivity index (χ4v) is 4.42. The number of hydrogen-bond donors (Lipinski definition) is 1. The summed E-state index contributed by atoms with van der Waals surface area (Å²) in [5.41, 5.74) is 0. The first-order valence-electron chi connectivity index (χ1n) is 8.14. The molecule has 2 fully saturated rings. The van der Waals surface area contributed by atoms with Gasteiger partial charge in [-0.3, -0.25) is 9.59 Å². The summed E-state index contributed by atoms with van der Waals surface area (Å²) < 4.78 is 0. The Morgan fingerprint density at radius 3 is 2.62 bits per heavy atom. The van der Waals surface area contributed by atoms with Crippen molar-refractivity contribution >= 4 is 23.6 Å². The number of piperazine rings is 1. The number of nitrogens with zero attached hydrogens (tertiary/aromatic N) is 1. The van der Waals surface area contributed by atoms with Gasteiger partial charge in [0, 0.05) is 11.3 Å². The van der Waals surface area contributed by atoms with Crippen LogP contribution in [0.5, 0.6) is 0 Å². The first-order valence-corrected chi connectivity index (χ1v) is 9.43. The highest BCUT2D eigenvalue weighted by Gasteiger charge is 2.44. The minimum atomic E-state index is -0.352. The predicted molar refractivity (Wildman–Crippen MR) is 87.3 cm³/mol. The molecule has 4 atom stereocenters. The lowest BCUT2D eigenvalue weighted by Gasteiger charge is -2.46. The zero-order valence-corrected chi connectivity index (χ0v) is 14.4. The van der Waals surface area contributed by atoms with Crippen molar-refractivity contribution in [3.8, 4) is 0 Å². The largest absolute Gasteiger partial charge is 0.342 e. The van der Waals surface area contributed by atoms with Crippen molar-refractivity contribution in [2.45, 2.75) is 76.3 Å². The highest BCUT2D eigenvalue weighted by Crippen LogP contribution is 2.33. The fraction of sp³-hybridized carbons (Fsp3) is 0.875. The van der Waals surface area contributed by atoms with E-state index >= 15 is 0 Å². The number of amides is 2. The van der Waals surface area contributed by atoms with Crippen molar-refractivity contribution < 1.29 is 9.59 Å². The third-order valence-corrected chi connectivity index (χ3v) is 5.93. The quantitative estimate of drug-likeness (QED) is 0.867. The minimum Gasteiger partial charge on any atom is -0.342 e. The molecule has 4 nitrogen and oxygen atoms in total. The molecule has 1 saturated carbocycles. The van der Waals surface area contributed by atoms with Crippen LogP contribution in [-0.4, -0.2) is 46.3 Å². The Bertz CT molecular complexity index is 400. The maximum atomic E-state index is 12.9. The number of nitrogens with one attached hydrogen (secondary N) is 1. The Morgan fingerprint density at radius 2 is 2.05 bits per heavy atom. The molecule has 2 rings (SSSR count). The van der Waals surface area contributed by atoms with Crippen LogP contribution >= 0.6 is 11.8 Å². The molecule has 2 aliphatic rings. The van der Waals surface area contributed by atoms with Crippen molar-refractivity contribution in [3.63, 3.8) is 0 Å². The second-order valence-corrected chi connectivity index (χ2v) is 7.72. The monoisotopic (exact) mass is 312 g/mol. The van der Waals surface area contributed by atoms with Crippen LogP contribution in [0.4, 0.5) is 0 Å². The Morgan fingerprint density at radius 1 is 1.33 bits per heavy atom. The van der Waals surface area contributed by atoms with E-state index < -0.39 is 0 Å². The summed E-state index contributed by atoms with van der Waals surface area (Å²) in [6.07, 6.45) is 7.30. The van der Waals surface area contributed by atoms with Crippen molar-refractivity contribution in [2.24, 2.45) is 5.92 Å². The standard InChI is InChI=1S/C16H28N2O2S/c1-5-13-15(19)17-14(10(2)3)16(20)18(13)11-7-6-8-12(9-11)21-4/h10-14H,5-9H2,1-4H3,(H,17,19). The molecule has 1 aliphatic heterocycles. The zero-order chi connectivity index (χ0) is 15.6. The highest BCUT2D eigenvalue weighted by atomic mass is 32.2. The van der Waals surface area contributed by atoms with Gasteiger partial charge < -0.3 is 10.2 Å². The van der Waals surface area contributed by atoms with E-state index in [-0.39, 0.29) is 35.9 Å². The van der Waals surface area contributed by atoms with Gasteiger partial charge in [-0.05, 0) is 37.9 Å². The summed E-state index contributed by atoms with van der Waals surface area (Å²) in [6, 6.07) is -0.394. The molecule has 1 N–H and O–H groups in total. The molecule has 0 aromatic heterocycles. The van der Waals surface area contributed by atoms with Gasteiger partial charge in [0.15, 0.2) is 0 Å². The third-order valence-electron chi connectivity index (χ3n) is 4.84. The van der Waals surface area contributed by atoms with Crippen LogP contribution in [0, 0.1) is 5.92 Å². The molecule has 21 heavy (non-hydrogen) atoms. The van der Waals surface area contributed by atoms with Crippen LogP contribution < -0.4 is 5.32 Å². The van der Waals surface area contributed by atoms with E-state index in [0.717, 1.165) is 19.3 Å². The maximum absolute atomic E-state index is 12.9. The summed E-state index contributed by atoms with van der Waals surface area (Å²) in [6.45, 7) is 5.99. The van der Waals surface area contributed by atoms with E-state index in [4.69, 9.17) is 0 Å². The number of rotatable bonds is 4. The second-order valence-electron chi connectivity index (χ2n) is 6.58. The third kappa shape index (κ3) is 3.38. The van der Waals surface area contributed by atoms with Crippen molar-refractivity contribution in [1.82, 2.24) is 10.2 Å². The van der Waals surface area contributed by atoms with E-state index in [2.05, 4.69) is 11.6 Å². The van der Waals surface area contributed by atoms with E-state index in [1.807, 2.05) is 37.4 Å². The van der Waals surface area contributed by atoms with Crippen molar-refractivity contribution in [2.75, 3.05) is 6.26 Å². The molecule has 5 heteroatoms. The number of hydrogen-bond acceptors (Lipinski definition) is 3. The van der Waals surface area contributed by atoms with Crippen LogP contribution in [0.2, 0.25) is 0 Å². The molecule has 0 aromatic carbocycles. The van der Waals surface area contributed by atoms with E-state index in [1.165, 1.54) is 6.42 Å². The summed E-state index contributed by atoms with van der Waals surface area (Å²) in [7, 11) is 0. The molecular formula is C16H28N2O2S. The first kappa shape index (κ1) is 16.7. The summed E-state index contributed by atoms with van der Waals surface area (Å²) >= 11 is 1.89. The summed E-state index contributed by atoms with van der Waals surface area (Å²) in [4.78, 5) is 27.2. The molecule has 4 unspecified atom stereocenters. The van der Waals surface area contributed by atoms with Gasteiger partial charge in [0.05, 0.1) is 0 Å². The number of carbonyl (C=O) groups excluding carboxylic acids is 2. The molecule has 1 aliphatic carbocycles. The average Bonchev–Trinajstić information content (AvgIpc) is 2.48. The van der Waals surface area contributed by atoms with Crippen molar-refractivity contribution in [3.05, 3.63) is 0 Å². The van der Waals surface area contributed by atoms with Crippen LogP contribution in [0.1, 0.15) is 52.9 Å². The highest BCUT2D eigenvalue weighted by molar-refractivity contribution is 7.99. The Labute approximate surface area is 132 Å². The SMILES string of the molecule is CCC1C(=O)NC(C(C)C)C(=O)N1C1CCCC(SC)C1. The number of thioether (sulfide) groups is 1. The molecular weight excluding hydrogens is 284 g/mol. The lowest BCUT2D eigenvalue weighted by atomic mass is 9.88. The van der Waals surface area contributed by atoms with Gasteiger partial charge in [-0.15, -0.1) is 0 Å². The van der Waals surface area contributed by atoms with E-state index in [1.54, 1.807) is 0 Å². The van der Waals surface area contributed by atoms with Gasteiger partial charge in [0.25, 0.3) is 0 Å². The molecule has 2 amide bonds. The van der Waals surface area contributed by atoms with Crippen LogP contribution in [0.25, 0.3) is 0 Å². The topological polar surface area (TPSA) is 49.4 Å². The van der Waals surface area contributed by atoms with Crippen LogP contribution in [0.3, 0.4) is 0 Å². The van der Waals surface area contributed by atoms with Crippen LogP contribution in [0.15, 0.2) is 0 Å². The molecule has 0 spiro atoms. The molecule has 1 saturated heterocycles. The zero-order valence-electron chi connectivity index (χ0n) is 13.6. The normalized spacial score (nSPS) is 34.2. The number of carbonyl (C=O) groups is 2. The maximum Gasteiger partial charge on any atom is 0.246 e. The van der Waals surface area contributed by atoms with Gasteiger partial charge in [-0.25, -0.2) is 0 Å². The predicted octanol–water partition coefficient (Wildman–Crippen LogP) is 2.42. The van der Waals surface area contributed by atoms with E-state index in [0.29, 0.717) is 11.7 Å². The molecule has 0 bridgehead atoms. The molecule has 1 heterocycles. The van der Waals surface area contributed by atoms with E-state index in [9.17, 15) is 9.59 Å². The fourth-order valence-electron chi connectivity index (χ4n) is 3.61.